The number of hydrogen-bond acceptors (Lipinski definition) is 4. The Morgan fingerprint density at radius 2 is 2.05 bits per heavy atom. The van der Waals surface area contributed by atoms with Gasteiger partial charge in [0, 0.05) is 19.5 Å². The van der Waals surface area contributed by atoms with Gasteiger partial charge in [-0.3, -0.25) is 4.79 Å². The second-order valence-corrected chi connectivity index (χ2v) is 4.78. The average molecular weight is 265 g/mol. The lowest BCUT2D eigenvalue weighted by Gasteiger charge is -2.15. The number of ether oxygens (including phenoxy) is 1. The van der Waals surface area contributed by atoms with Gasteiger partial charge in [0.05, 0.1) is 19.3 Å². The fourth-order valence-electron chi connectivity index (χ4n) is 2.21. The van der Waals surface area contributed by atoms with Gasteiger partial charge in [-0.2, -0.15) is 0 Å². The number of methoxy groups -OCH3 is 1. The maximum atomic E-state index is 11.9. The molecule has 0 aliphatic carbocycles. The maximum absolute atomic E-state index is 11.9. The van der Waals surface area contributed by atoms with Crippen LogP contribution >= 0.6 is 0 Å². The van der Waals surface area contributed by atoms with Gasteiger partial charge in [-0.05, 0) is 24.1 Å². The van der Waals surface area contributed by atoms with Crippen LogP contribution in [0.1, 0.15) is 12.0 Å². The summed E-state index contributed by atoms with van der Waals surface area (Å²) in [6.45, 7) is 0.441. The molecule has 1 amide bonds. The summed E-state index contributed by atoms with van der Waals surface area (Å²) in [5, 5.41) is 18.8. The monoisotopic (exact) mass is 265 g/mol. The molecule has 2 rings (SSSR count). The lowest BCUT2D eigenvalue weighted by atomic mass is 10.1. The molecule has 0 radical (unpaired) electrons. The Morgan fingerprint density at radius 1 is 1.37 bits per heavy atom. The molecule has 0 bridgehead atoms. The topological polar surface area (TPSA) is 70.0 Å². The zero-order valence-electron chi connectivity index (χ0n) is 11.0. The number of nitrogens with zero attached hydrogens (tertiary/aromatic N) is 1. The molecule has 0 aromatic heterocycles. The molecule has 19 heavy (non-hydrogen) atoms. The Hall–Kier alpha value is -1.59. The molecule has 1 aliphatic heterocycles. The zero-order chi connectivity index (χ0) is 13.8. The van der Waals surface area contributed by atoms with Gasteiger partial charge in [0.1, 0.15) is 5.75 Å². The lowest BCUT2D eigenvalue weighted by molar-refractivity contribution is -0.130. The van der Waals surface area contributed by atoms with Gasteiger partial charge in [0.25, 0.3) is 0 Å². The molecule has 0 saturated carbocycles. The normalized spacial score (nSPS) is 22.6. The van der Waals surface area contributed by atoms with Gasteiger partial charge >= 0.3 is 0 Å². The van der Waals surface area contributed by atoms with Crippen molar-refractivity contribution >= 4 is 5.91 Å². The summed E-state index contributed by atoms with van der Waals surface area (Å²) in [6.07, 6.45) is -0.646. The van der Waals surface area contributed by atoms with Crippen LogP contribution in [0, 0.1) is 0 Å². The molecule has 5 nitrogen and oxygen atoms in total. The number of carbonyl (C=O) groups excluding carboxylic acids is 1. The van der Waals surface area contributed by atoms with Crippen molar-refractivity contribution in [2.45, 2.75) is 25.0 Å². The molecule has 1 aromatic carbocycles. The molecule has 1 aromatic rings. The number of aryl methyl sites for hydroxylation is 1. The van der Waals surface area contributed by atoms with Crippen LogP contribution in [-0.4, -0.2) is 53.4 Å². The van der Waals surface area contributed by atoms with Crippen LogP contribution in [0.25, 0.3) is 0 Å². The van der Waals surface area contributed by atoms with Gasteiger partial charge in [0.2, 0.25) is 5.91 Å². The van der Waals surface area contributed by atoms with Crippen molar-refractivity contribution in [1.29, 1.82) is 0 Å². The van der Waals surface area contributed by atoms with E-state index >= 15 is 0 Å². The predicted octanol–water partition coefficient (Wildman–Crippen LogP) is 0.192. The molecule has 5 heteroatoms. The Bertz CT molecular complexity index is 439. The van der Waals surface area contributed by atoms with Crippen LogP contribution in [0.2, 0.25) is 0 Å². The SMILES string of the molecule is COc1cccc(CCC(=O)N2CC(O)C(O)C2)c1. The second-order valence-electron chi connectivity index (χ2n) is 4.78. The van der Waals surface area contributed by atoms with E-state index in [1.165, 1.54) is 4.90 Å². The van der Waals surface area contributed by atoms with Crippen LogP contribution in [0.5, 0.6) is 5.75 Å². The third-order valence-electron chi connectivity index (χ3n) is 3.37. The van der Waals surface area contributed by atoms with Crippen molar-refractivity contribution in [3.8, 4) is 5.75 Å². The summed E-state index contributed by atoms with van der Waals surface area (Å²) in [7, 11) is 1.61. The summed E-state index contributed by atoms with van der Waals surface area (Å²) < 4.78 is 5.13. The van der Waals surface area contributed by atoms with Gasteiger partial charge in [-0.1, -0.05) is 12.1 Å². The first-order chi connectivity index (χ1) is 9.10. The van der Waals surface area contributed by atoms with E-state index in [-0.39, 0.29) is 19.0 Å². The van der Waals surface area contributed by atoms with Crippen LogP contribution in [0.15, 0.2) is 24.3 Å². The maximum Gasteiger partial charge on any atom is 0.223 e. The first-order valence-electron chi connectivity index (χ1n) is 6.37. The molecule has 1 aliphatic rings. The molecule has 1 fully saturated rings. The van der Waals surface area contributed by atoms with Gasteiger partial charge in [0.15, 0.2) is 0 Å². The first-order valence-corrected chi connectivity index (χ1v) is 6.37. The highest BCUT2D eigenvalue weighted by atomic mass is 16.5. The number of β-amino-alcohol motifs (C(OH)–C–C–N with tert-alkyl or cyclic N) is 2. The number of benzene rings is 1. The largest absolute Gasteiger partial charge is 0.497 e. The number of likely N-dealkylation sites (tertiary alicyclic amines) is 1. The minimum atomic E-state index is -0.819. The van der Waals surface area contributed by atoms with Crippen molar-refractivity contribution in [3.63, 3.8) is 0 Å². The molecule has 1 saturated heterocycles. The van der Waals surface area contributed by atoms with E-state index < -0.39 is 12.2 Å². The van der Waals surface area contributed by atoms with E-state index in [9.17, 15) is 15.0 Å². The molecule has 2 N–H and O–H groups in total. The minimum Gasteiger partial charge on any atom is -0.497 e. The minimum absolute atomic E-state index is 0.0431. The molecule has 2 unspecified atom stereocenters. The van der Waals surface area contributed by atoms with E-state index in [1.807, 2.05) is 24.3 Å². The number of rotatable bonds is 4. The van der Waals surface area contributed by atoms with E-state index in [0.717, 1.165) is 11.3 Å². The molecule has 104 valence electrons. The molecular formula is C14H19NO4. The van der Waals surface area contributed by atoms with Crippen LogP contribution < -0.4 is 4.74 Å². The number of hydrogen-bond donors (Lipinski definition) is 2. The van der Waals surface area contributed by atoms with Crippen molar-refractivity contribution in [1.82, 2.24) is 4.90 Å². The number of carbonyl (C=O) groups is 1. The van der Waals surface area contributed by atoms with Crippen LogP contribution in [0.4, 0.5) is 0 Å². The Morgan fingerprint density at radius 3 is 2.68 bits per heavy atom. The Balaban J connectivity index is 1.86. The summed E-state index contributed by atoms with van der Waals surface area (Å²) in [6, 6.07) is 7.60. The van der Waals surface area contributed by atoms with Crippen LogP contribution in [0.3, 0.4) is 0 Å². The fourth-order valence-corrected chi connectivity index (χ4v) is 2.21. The van der Waals surface area contributed by atoms with Gasteiger partial charge < -0.3 is 19.8 Å². The molecule has 2 atom stereocenters. The average Bonchev–Trinajstić information content (AvgIpc) is 2.76. The number of aliphatic hydroxyl groups is 2. The quantitative estimate of drug-likeness (QED) is 0.815. The van der Waals surface area contributed by atoms with Crippen molar-refractivity contribution in [2.75, 3.05) is 20.2 Å². The highest BCUT2D eigenvalue weighted by Crippen LogP contribution is 2.16. The Kier molecular flexibility index (Phi) is 4.39. The van der Waals surface area contributed by atoms with E-state index in [0.29, 0.717) is 12.8 Å². The van der Waals surface area contributed by atoms with Crippen molar-refractivity contribution in [3.05, 3.63) is 29.8 Å². The van der Waals surface area contributed by atoms with Crippen LogP contribution in [-0.2, 0) is 11.2 Å². The second kappa shape index (κ2) is 6.04. The van der Waals surface area contributed by atoms with Crippen molar-refractivity contribution in [2.24, 2.45) is 0 Å². The summed E-state index contributed by atoms with van der Waals surface area (Å²) in [5.74, 6) is 0.732. The molecular weight excluding hydrogens is 246 g/mol. The lowest BCUT2D eigenvalue weighted by Crippen LogP contribution is -2.29. The third kappa shape index (κ3) is 3.45. The van der Waals surface area contributed by atoms with E-state index in [1.54, 1.807) is 7.11 Å². The molecule has 0 spiro atoms. The summed E-state index contributed by atoms with van der Waals surface area (Å²) >= 11 is 0. The fraction of sp³-hybridized carbons (Fsp3) is 0.500. The van der Waals surface area contributed by atoms with E-state index in [4.69, 9.17) is 4.74 Å². The summed E-state index contributed by atoms with van der Waals surface area (Å²) in [5.41, 5.74) is 1.04. The predicted molar refractivity (Wildman–Crippen MR) is 69.9 cm³/mol. The van der Waals surface area contributed by atoms with Gasteiger partial charge in [-0.25, -0.2) is 0 Å². The standard InChI is InChI=1S/C14H19NO4/c1-19-11-4-2-3-10(7-11)5-6-14(18)15-8-12(16)13(17)9-15/h2-4,7,12-13,16-17H,5-6,8-9H2,1H3. The van der Waals surface area contributed by atoms with Crippen molar-refractivity contribution < 1.29 is 19.7 Å². The highest BCUT2D eigenvalue weighted by molar-refractivity contribution is 5.77. The summed E-state index contributed by atoms with van der Waals surface area (Å²) in [4.78, 5) is 13.4. The smallest absolute Gasteiger partial charge is 0.223 e. The number of amides is 1. The number of aliphatic hydroxyl groups excluding tert-OH is 2. The first kappa shape index (κ1) is 13.8. The third-order valence-corrected chi connectivity index (χ3v) is 3.37. The zero-order valence-corrected chi connectivity index (χ0v) is 11.0. The Labute approximate surface area is 112 Å². The highest BCUT2D eigenvalue weighted by Gasteiger charge is 2.31. The van der Waals surface area contributed by atoms with Gasteiger partial charge in [-0.15, -0.1) is 0 Å². The van der Waals surface area contributed by atoms with E-state index in [2.05, 4.69) is 0 Å². The molecule has 1 heterocycles.